The van der Waals surface area contributed by atoms with Gasteiger partial charge >= 0.3 is 0 Å². The number of para-hydroxylation sites is 2. The van der Waals surface area contributed by atoms with Crippen molar-refractivity contribution in [2.24, 2.45) is 0 Å². The number of nitrogens with zero attached hydrogens (tertiary/aromatic N) is 1. The smallest absolute Gasteiger partial charge is 0.253 e. The Balaban J connectivity index is 1.78. The molecule has 0 saturated heterocycles. The van der Waals surface area contributed by atoms with E-state index in [1.165, 1.54) is 6.92 Å². The average molecular weight is 452 g/mol. The summed E-state index contributed by atoms with van der Waals surface area (Å²) in [4.78, 5) is 25.7. The molecular weight excluding hydrogens is 426 g/mol. The Labute approximate surface area is 188 Å². The van der Waals surface area contributed by atoms with Gasteiger partial charge in [0.15, 0.2) is 0 Å². The predicted octanol–water partition coefficient (Wildman–Crippen LogP) is 3.41. The van der Waals surface area contributed by atoms with E-state index in [-0.39, 0.29) is 11.5 Å². The van der Waals surface area contributed by atoms with Gasteiger partial charge in [-0.1, -0.05) is 60.7 Å². The molecule has 0 spiro atoms. The first-order chi connectivity index (χ1) is 15.3. The number of hydrogen-bond donors (Lipinski definition) is 2. The van der Waals surface area contributed by atoms with E-state index in [0.29, 0.717) is 17.9 Å². The SMILES string of the molecule is CC(C(=O)Nc1ccccc1C(=O)NCc1ccccc1)N(c1ccccc1)S(C)(=O)=O. The number of carbonyl (C=O) groups excluding carboxylic acids is 2. The monoisotopic (exact) mass is 451 g/mol. The molecule has 0 aliphatic carbocycles. The molecule has 3 aromatic rings. The maximum atomic E-state index is 13.0. The van der Waals surface area contributed by atoms with Gasteiger partial charge in [0.1, 0.15) is 6.04 Å². The summed E-state index contributed by atoms with van der Waals surface area (Å²) in [6.45, 7) is 1.84. The topological polar surface area (TPSA) is 95.6 Å². The fraction of sp³-hybridized carbons (Fsp3) is 0.167. The molecule has 0 radical (unpaired) electrons. The van der Waals surface area contributed by atoms with Crippen molar-refractivity contribution in [3.05, 3.63) is 96.1 Å². The summed E-state index contributed by atoms with van der Waals surface area (Å²) in [5, 5.41) is 5.54. The second-order valence-corrected chi connectivity index (χ2v) is 9.13. The van der Waals surface area contributed by atoms with E-state index in [9.17, 15) is 18.0 Å². The molecule has 7 nitrogen and oxygen atoms in total. The van der Waals surface area contributed by atoms with E-state index < -0.39 is 22.0 Å². The van der Waals surface area contributed by atoms with Crippen LogP contribution in [0.4, 0.5) is 11.4 Å². The molecule has 0 fully saturated rings. The van der Waals surface area contributed by atoms with Crippen molar-refractivity contribution in [3.63, 3.8) is 0 Å². The van der Waals surface area contributed by atoms with Crippen LogP contribution < -0.4 is 14.9 Å². The number of carbonyl (C=O) groups is 2. The van der Waals surface area contributed by atoms with Crippen molar-refractivity contribution in [2.75, 3.05) is 15.9 Å². The third-order valence-corrected chi connectivity index (χ3v) is 6.07. The number of benzene rings is 3. The second-order valence-electron chi connectivity index (χ2n) is 7.27. The lowest BCUT2D eigenvalue weighted by atomic mass is 10.1. The van der Waals surface area contributed by atoms with E-state index in [4.69, 9.17) is 0 Å². The van der Waals surface area contributed by atoms with Crippen molar-refractivity contribution in [3.8, 4) is 0 Å². The summed E-state index contributed by atoms with van der Waals surface area (Å²) in [6, 6.07) is 23.4. The van der Waals surface area contributed by atoms with E-state index in [2.05, 4.69) is 10.6 Å². The summed E-state index contributed by atoms with van der Waals surface area (Å²) in [7, 11) is -3.73. The van der Waals surface area contributed by atoms with Gasteiger partial charge in [0.2, 0.25) is 15.9 Å². The first-order valence-electron chi connectivity index (χ1n) is 10.0. The highest BCUT2D eigenvalue weighted by atomic mass is 32.2. The van der Waals surface area contributed by atoms with Crippen LogP contribution in [0.1, 0.15) is 22.8 Å². The second kappa shape index (κ2) is 10.1. The van der Waals surface area contributed by atoms with E-state index >= 15 is 0 Å². The minimum atomic E-state index is -3.73. The highest BCUT2D eigenvalue weighted by Crippen LogP contribution is 2.22. The van der Waals surface area contributed by atoms with Crippen LogP contribution in [0.25, 0.3) is 0 Å². The minimum Gasteiger partial charge on any atom is -0.348 e. The Hall–Kier alpha value is -3.65. The third kappa shape index (κ3) is 5.73. The number of hydrogen-bond acceptors (Lipinski definition) is 4. The Morgan fingerprint density at radius 2 is 1.44 bits per heavy atom. The normalized spacial score (nSPS) is 11.9. The van der Waals surface area contributed by atoms with Crippen molar-refractivity contribution in [1.29, 1.82) is 0 Å². The van der Waals surface area contributed by atoms with Crippen LogP contribution in [-0.2, 0) is 21.4 Å². The van der Waals surface area contributed by atoms with Gasteiger partial charge in [-0.3, -0.25) is 13.9 Å². The summed E-state index contributed by atoms with van der Waals surface area (Å²) in [5.74, 6) is -0.900. The molecule has 3 aromatic carbocycles. The van der Waals surface area contributed by atoms with Gasteiger partial charge in [-0.2, -0.15) is 0 Å². The molecule has 0 saturated carbocycles. The lowest BCUT2D eigenvalue weighted by Gasteiger charge is -2.28. The molecule has 166 valence electrons. The van der Waals surface area contributed by atoms with Crippen LogP contribution in [0, 0.1) is 0 Å². The first-order valence-corrected chi connectivity index (χ1v) is 11.9. The fourth-order valence-corrected chi connectivity index (χ4v) is 4.46. The van der Waals surface area contributed by atoms with Gasteiger partial charge in [-0.05, 0) is 36.8 Å². The Bertz CT molecular complexity index is 1180. The van der Waals surface area contributed by atoms with E-state index in [0.717, 1.165) is 16.1 Å². The predicted molar refractivity (Wildman–Crippen MR) is 126 cm³/mol. The molecule has 1 unspecified atom stereocenters. The summed E-state index contributed by atoms with van der Waals surface area (Å²) >= 11 is 0. The molecular formula is C24H25N3O4S. The van der Waals surface area contributed by atoms with Crippen LogP contribution in [0.2, 0.25) is 0 Å². The minimum absolute atomic E-state index is 0.287. The van der Waals surface area contributed by atoms with Crippen molar-refractivity contribution in [1.82, 2.24) is 5.32 Å². The van der Waals surface area contributed by atoms with Crippen molar-refractivity contribution >= 4 is 33.2 Å². The zero-order valence-electron chi connectivity index (χ0n) is 17.9. The highest BCUT2D eigenvalue weighted by molar-refractivity contribution is 7.92. The molecule has 0 heterocycles. The van der Waals surface area contributed by atoms with Gasteiger partial charge in [-0.25, -0.2) is 8.42 Å². The number of sulfonamides is 1. The third-order valence-electron chi connectivity index (χ3n) is 4.82. The number of rotatable bonds is 8. The van der Waals surface area contributed by atoms with Crippen LogP contribution in [-0.4, -0.2) is 32.5 Å². The number of amides is 2. The molecule has 0 aliphatic heterocycles. The maximum Gasteiger partial charge on any atom is 0.253 e. The van der Waals surface area contributed by atoms with Gasteiger partial charge < -0.3 is 10.6 Å². The summed E-state index contributed by atoms with van der Waals surface area (Å²) in [6.07, 6.45) is 1.05. The van der Waals surface area contributed by atoms with Gasteiger partial charge in [0, 0.05) is 6.54 Å². The molecule has 32 heavy (non-hydrogen) atoms. The summed E-state index contributed by atoms with van der Waals surface area (Å²) in [5.41, 5.74) is 1.92. The van der Waals surface area contributed by atoms with Crippen LogP contribution >= 0.6 is 0 Å². The maximum absolute atomic E-state index is 13.0. The van der Waals surface area contributed by atoms with Crippen LogP contribution in [0.5, 0.6) is 0 Å². The highest BCUT2D eigenvalue weighted by Gasteiger charge is 2.29. The van der Waals surface area contributed by atoms with Crippen molar-refractivity contribution < 1.29 is 18.0 Å². The Morgan fingerprint density at radius 1 is 0.875 bits per heavy atom. The Morgan fingerprint density at radius 3 is 2.06 bits per heavy atom. The standard InChI is InChI=1S/C24H25N3O4S/c1-18(27(32(2,30)31)20-13-7-4-8-14-20)23(28)26-22-16-10-9-15-21(22)24(29)25-17-19-11-5-3-6-12-19/h3-16,18H,17H2,1-2H3,(H,25,29)(H,26,28). The lowest BCUT2D eigenvalue weighted by Crippen LogP contribution is -2.45. The van der Waals surface area contributed by atoms with Gasteiger partial charge in [0.05, 0.1) is 23.2 Å². The molecule has 0 aliphatic rings. The average Bonchev–Trinajstić information content (AvgIpc) is 2.78. The lowest BCUT2D eigenvalue weighted by molar-refractivity contribution is -0.116. The first kappa shape index (κ1) is 23.0. The number of anilines is 2. The number of nitrogens with one attached hydrogen (secondary N) is 2. The Kier molecular flexibility index (Phi) is 7.27. The van der Waals surface area contributed by atoms with Crippen molar-refractivity contribution in [2.45, 2.75) is 19.5 Å². The molecule has 2 amide bonds. The molecule has 0 aromatic heterocycles. The quantitative estimate of drug-likeness (QED) is 0.549. The molecule has 1 atom stereocenters. The molecule has 3 rings (SSSR count). The van der Waals surface area contributed by atoms with Crippen LogP contribution in [0.15, 0.2) is 84.9 Å². The van der Waals surface area contributed by atoms with Gasteiger partial charge in [0.25, 0.3) is 5.91 Å². The fourth-order valence-electron chi connectivity index (χ4n) is 3.28. The zero-order chi connectivity index (χ0) is 23.1. The summed E-state index contributed by atoms with van der Waals surface area (Å²) < 4.78 is 25.9. The molecule has 8 heteroatoms. The van der Waals surface area contributed by atoms with E-state index in [1.54, 1.807) is 54.6 Å². The largest absolute Gasteiger partial charge is 0.348 e. The van der Waals surface area contributed by atoms with E-state index in [1.807, 2.05) is 30.3 Å². The zero-order valence-corrected chi connectivity index (χ0v) is 18.7. The van der Waals surface area contributed by atoms with Crippen LogP contribution in [0.3, 0.4) is 0 Å². The molecule has 0 bridgehead atoms. The molecule has 2 N–H and O–H groups in total. The van der Waals surface area contributed by atoms with Gasteiger partial charge in [-0.15, -0.1) is 0 Å².